The highest BCUT2D eigenvalue weighted by molar-refractivity contribution is 7.85. The molecule has 0 spiro atoms. The summed E-state index contributed by atoms with van der Waals surface area (Å²) in [4.78, 5) is 2.52. The molecule has 1 aliphatic rings. The molecule has 1 fully saturated rings. The number of nitrogen functional groups attached to an aromatic ring is 1. The maximum atomic E-state index is 9.08. The molecule has 1 aliphatic heterocycles. The summed E-state index contributed by atoms with van der Waals surface area (Å²) >= 11 is 0. The van der Waals surface area contributed by atoms with E-state index >= 15 is 0 Å². The van der Waals surface area contributed by atoms with Gasteiger partial charge >= 0.3 is 0 Å². The number of rotatable bonds is 4. The van der Waals surface area contributed by atoms with Gasteiger partial charge in [-0.25, -0.2) is 35.1 Å². The molecule has 0 radical (unpaired) electrons. The van der Waals surface area contributed by atoms with E-state index in [2.05, 4.69) is 86.8 Å². The summed E-state index contributed by atoms with van der Waals surface area (Å²) in [5, 5.41) is 0. The van der Waals surface area contributed by atoms with Gasteiger partial charge in [0.15, 0.2) is 0 Å². The zero-order chi connectivity index (χ0) is 26.4. The molecule has 14 heteroatoms. The zero-order valence-corrected chi connectivity index (χ0v) is 21.8. The van der Waals surface area contributed by atoms with Crippen LogP contribution in [-0.2, 0) is 40.9 Å². The predicted octanol–water partition coefficient (Wildman–Crippen LogP) is -0.636. The number of nitrogens with zero attached hydrogens (tertiary/aromatic N) is 5. The van der Waals surface area contributed by atoms with Crippen LogP contribution in [0.25, 0.3) is 0 Å². The predicted molar refractivity (Wildman–Crippen MR) is 128 cm³/mol. The Morgan fingerprint density at radius 2 is 1.46 bits per heavy atom. The van der Waals surface area contributed by atoms with Crippen LogP contribution in [0.15, 0.2) is 61.7 Å². The van der Waals surface area contributed by atoms with Gasteiger partial charge in [0.25, 0.3) is 0 Å². The zero-order valence-electron chi connectivity index (χ0n) is 20.1. The van der Waals surface area contributed by atoms with Crippen molar-refractivity contribution >= 4 is 31.6 Å². The van der Waals surface area contributed by atoms with Crippen molar-refractivity contribution in [1.82, 2.24) is 9.13 Å². The van der Waals surface area contributed by atoms with Crippen LogP contribution in [0, 0.1) is 0 Å². The molecule has 3 aromatic rings. The van der Waals surface area contributed by atoms with Crippen molar-refractivity contribution in [2.45, 2.75) is 25.0 Å². The maximum absolute atomic E-state index is 9.08. The fourth-order valence-electron chi connectivity index (χ4n) is 3.80. The third-order valence-corrected chi connectivity index (χ3v) is 5.07. The topological polar surface area (TPSA) is 161 Å². The fourth-order valence-corrected chi connectivity index (χ4v) is 3.80. The Hall–Kier alpha value is -2.94. The monoisotopic (exact) mass is 528 g/mol. The Morgan fingerprint density at radius 1 is 0.943 bits per heavy atom. The number of anilines is 2. The number of nitrogens with two attached hydrogens (primary N) is 1. The van der Waals surface area contributed by atoms with Crippen molar-refractivity contribution in [1.29, 1.82) is 0 Å². The highest BCUT2D eigenvalue weighted by atomic mass is 32.2. The van der Waals surface area contributed by atoms with Crippen molar-refractivity contribution in [3.05, 3.63) is 61.7 Å². The summed E-state index contributed by atoms with van der Waals surface area (Å²) in [6.45, 7) is 1.99. The molecule has 0 saturated carbocycles. The molecular weight excluding hydrogens is 496 g/mol. The van der Waals surface area contributed by atoms with Crippen LogP contribution < -0.4 is 19.8 Å². The van der Waals surface area contributed by atoms with Crippen molar-refractivity contribution in [3.8, 4) is 0 Å². The van der Waals surface area contributed by atoms with Gasteiger partial charge in [-0.15, -0.1) is 0 Å². The van der Waals surface area contributed by atoms with Crippen LogP contribution in [0.5, 0.6) is 0 Å². The molecule has 0 aliphatic carbocycles. The minimum absolute atomic E-state index is 0.453. The molecule has 35 heavy (non-hydrogen) atoms. The number of aromatic nitrogens is 4. The molecule has 0 amide bonds. The van der Waals surface area contributed by atoms with Crippen LogP contribution >= 0.6 is 0 Å². The number of hydrogen-bond acceptors (Lipinski definition) is 8. The Kier molecular flexibility index (Phi) is 9.43. The van der Waals surface area contributed by atoms with E-state index in [1.165, 1.54) is 5.69 Å². The minimum atomic E-state index is -3.92. The van der Waals surface area contributed by atoms with Crippen molar-refractivity contribution in [3.63, 3.8) is 0 Å². The van der Waals surface area contributed by atoms with Gasteiger partial charge in [0.05, 0.1) is 46.9 Å². The van der Waals surface area contributed by atoms with E-state index in [-0.39, 0.29) is 0 Å². The fraction of sp³-hybridized carbons (Fsp3) is 0.429. The van der Waals surface area contributed by atoms with Gasteiger partial charge in [-0.05, 0) is 24.3 Å². The third kappa shape index (κ3) is 10.9. The molecule has 1 saturated heterocycles. The van der Waals surface area contributed by atoms with Crippen molar-refractivity contribution in [2.75, 3.05) is 29.7 Å². The van der Waals surface area contributed by atoms with Crippen LogP contribution in [0.2, 0.25) is 0 Å². The van der Waals surface area contributed by atoms with E-state index in [1.54, 1.807) is 0 Å². The molecular formula is C21H32N6O6S2. The molecule has 2 atom stereocenters. The van der Waals surface area contributed by atoms with E-state index in [4.69, 9.17) is 31.7 Å². The van der Waals surface area contributed by atoms with E-state index in [9.17, 15) is 0 Å². The maximum Gasteiger partial charge on any atom is 0.243 e. The molecule has 2 N–H and O–H groups in total. The van der Waals surface area contributed by atoms with E-state index in [0.717, 1.165) is 25.2 Å². The SMILES string of the molecule is CS(=O)(=O)[O-].CS(=O)(=O)[O-].C[n+]1ccn(CC2CC(n3cc[n+](C)c3)CN2c2ccc(N)cc2)c1. The molecule has 3 heterocycles. The van der Waals surface area contributed by atoms with Crippen LogP contribution in [0.3, 0.4) is 0 Å². The van der Waals surface area contributed by atoms with E-state index < -0.39 is 20.2 Å². The number of benzene rings is 1. The lowest BCUT2D eigenvalue weighted by molar-refractivity contribution is -0.671. The van der Waals surface area contributed by atoms with Crippen LogP contribution in [-0.4, -0.2) is 60.2 Å². The molecule has 2 unspecified atom stereocenters. The normalized spacial score (nSPS) is 17.8. The van der Waals surface area contributed by atoms with Crippen LogP contribution in [0.4, 0.5) is 11.4 Å². The molecule has 2 aromatic heterocycles. The number of aryl methyl sites for hydroxylation is 2. The average Bonchev–Trinajstić information content (AvgIpc) is 3.40. The lowest BCUT2D eigenvalue weighted by Crippen LogP contribution is -2.33. The van der Waals surface area contributed by atoms with Crippen LogP contribution in [0.1, 0.15) is 12.5 Å². The van der Waals surface area contributed by atoms with Crippen molar-refractivity contribution in [2.24, 2.45) is 14.1 Å². The summed E-state index contributed by atoms with van der Waals surface area (Å²) in [6.07, 6.45) is 15.2. The van der Waals surface area contributed by atoms with Crippen molar-refractivity contribution < 1.29 is 35.1 Å². The van der Waals surface area contributed by atoms with Gasteiger partial charge < -0.3 is 19.7 Å². The molecule has 194 valence electrons. The second-order valence-electron chi connectivity index (χ2n) is 8.50. The lowest BCUT2D eigenvalue weighted by Gasteiger charge is -2.25. The smallest absolute Gasteiger partial charge is 0.243 e. The second kappa shape index (κ2) is 11.7. The minimum Gasteiger partial charge on any atom is -0.748 e. The molecule has 4 rings (SSSR count). The van der Waals surface area contributed by atoms with Gasteiger partial charge in [0.1, 0.15) is 37.4 Å². The summed E-state index contributed by atoms with van der Waals surface area (Å²) < 4.78 is 63.3. The van der Waals surface area contributed by atoms with Gasteiger partial charge in [0.2, 0.25) is 12.7 Å². The van der Waals surface area contributed by atoms with E-state index in [0.29, 0.717) is 24.6 Å². The molecule has 12 nitrogen and oxygen atoms in total. The molecule has 0 bridgehead atoms. The highest BCUT2D eigenvalue weighted by Gasteiger charge is 2.37. The first-order valence-electron chi connectivity index (χ1n) is 10.6. The quantitative estimate of drug-likeness (QED) is 0.266. The van der Waals surface area contributed by atoms with Gasteiger partial charge in [0, 0.05) is 30.3 Å². The Labute approximate surface area is 206 Å². The number of imidazole rings is 2. The summed E-state index contributed by atoms with van der Waals surface area (Å²) in [7, 11) is -3.70. The Morgan fingerprint density at radius 3 is 1.91 bits per heavy atom. The van der Waals surface area contributed by atoms with Gasteiger partial charge in [-0.3, -0.25) is 0 Å². The van der Waals surface area contributed by atoms with Gasteiger partial charge in [-0.1, -0.05) is 0 Å². The third-order valence-electron chi connectivity index (χ3n) is 5.07. The lowest BCUT2D eigenvalue weighted by atomic mass is 10.1. The largest absolute Gasteiger partial charge is 0.748 e. The Balaban J connectivity index is 0.000000368. The first kappa shape index (κ1) is 28.3. The standard InChI is InChI=1S/C19H26N6.2CH4O3S/c1-21-7-9-23(14-21)12-19-11-18(24-10-8-22(2)15-24)13-25(19)17-5-3-16(20)4-6-17;2*1-5(2,3)4/h3-10,14-15,18-19H,11-13,20H2,1-2H3;2*1H3,(H,2,3,4)/q+2;;/p-2. The first-order chi connectivity index (χ1) is 16.1. The summed E-state index contributed by atoms with van der Waals surface area (Å²) in [5.74, 6) is 0. The average molecular weight is 529 g/mol. The summed E-state index contributed by atoms with van der Waals surface area (Å²) in [5.41, 5.74) is 7.93. The van der Waals surface area contributed by atoms with E-state index in [1.807, 2.05) is 12.1 Å². The Bertz CT molecular complexity index is 1260. The highest BCUT2D eigenvalue weighted by Crippen LogP contribution is 2.33. The van der Waals surface area contributed by atoms with Gasteiger partial charge in [-0.2, -0.15) is 0 Å². The summed E-state index contributed by atoms with van der Waals surface area (Å²) in [6, 6.07) is 9.18. The second-order valence-corrected chi connectivity index (χ2v) is 11.3. The first-order valence-corrected chi connectivity index (χ1v) is 14.2. The molecule has 1 aromatic carbocycles. The number of hydrogen-bond donors (Lipinski definition) is 1.